The van der Waals surface area contributed by atoms with Crippen LogP contribution in [0.1, 0.15) is 17.3 Å². The van der Waals surface area contributed by atoms with Crippen LogP contribution in [-0.4, -0.2) is 21.2 Å². The zero-order valence-electron chi connectivity index (χ0n) is 7.53. The number of carbonyl (C=O) groups excluding carboxylic acids is 1. The van der Waals surface area contributed by atoms with Crippen LogP contribution in [0.25, 0.3) is 0 Å². The zero-order chi connectivity index (χ0) is 10.8. The Balaban J connectivity index is 3.03. The van der Waals surface area contributed by atoms with Crippen molar-refractivity contribution >= 4 is 27.7 Å². The second kappa shape index (κ2) is 3.92. The molecule has 0 aromatic heterocycles. The first-order valence-electron chi connectivity index (χ1n) is 3.98. The number of aliphatic carboxylic acids is 1. The number of alkyl halides is 1. The van der Waals surface area contributed by atoms with E-state index in [1.165, 1.54) is 6.92 Å². The van der Waals surface area contributed by atoms with Crippen molar-refractivity contribution in [1.29, 1.82) is 0 Å². The fraction of sp³-hybridized carbons (Fsp3) is 0.200. The third-order valence-corrected chi connectivity index (χ3v) is 2.56. The highest BCUT2D eigenvalue weighted by atomic mass is 79.9. The van der Waals surface area contributed by atoms with Crippen LogP contribution in [0.3, 0.4) is 0 Å². The summed E-state index contributed by atoms with van der Waals surface area (Å²) in [5.41, 5.74) is 0.384. The Morgan fingerprint density at radius 1 is 1.29 bits per heavy atom. The minimum Gasteiger partial charge on any atom is -0.480 e. The maximum absolute atomic E-state index is 11.7. The van der Waals surface area contributed by atoms with Crippen LogP contribution in [0.4, 0.5) is 0 Å². The van der Waals surface area contributed by atoms with E-state index >= 15 is 0 Å². The van der Waals surface area contributed by atoms with Gasteiger partial charge < -0.3 is 5.11 Å². The van der Waals surface area contributed by atoms with Crippen LogP contribution in [0, 0.1) is 0 Å². The second-order valence-corrected chi connectivity index (χ2v) is 4.59. The topological polar surface area (TPSA) is 54.4 Å². The van der Waals surface area contributed by atoms with Gasteiger partial charge in [-0.2, -0.15) is 0 Å². The predicted molar refractivity (Wildman–Crippen MR) is 55.7 cm³/mol. The quantitative estimate of drug-likeness (QED) is 0.512. The predicted octanol–water partition coefficient (Wildman–Crippen LogP) is 2.11. The van der Waals surface area contributed by atoms with Crippen LogP contribution >= 0.6 is 15.9 Å². The summed E-state index contributed by atoms with van der Waals surface area (Å²) in [5, 5.41) is 8.81. The van der Waals surface area contributed by atoms with Crippen molar-refractivity contribution in [2.75, 3.05) is 0 Å². The SMILES string of the molecule is CC(Br)(C(=O)O)C(=O)c1ccccc1. The maximum Gasteiger partial charge on any atom is 0.328 e. The van der Waals surface area contributed by atoms with E-state index in [0.717, 1.165) is 0 Å². The monoisotopic (exact) mass is 256 g/mol. The van der Waals surface area contributed by atoms with Gasteiger partial charge in [0.15, 0.2) is 10.1 Å². The fourth-order valence-corrected chi connectivity index (χ4v) is 1.19. The average Bonchev–Trinajstić information content (AvgIpc) is 2.17. The summed E-state index contributed by atoms with van der Waals surface area (Å²) in [6.07, 6.45) is 0. The Morgan fingerprint density at radius 3 is 2.21 bits per heavy atom. The van der Waals surface area contributed by atoms with Crippen molar-refractivity contribution in [3.8, 4) is 0 Å². The summed E-state index contributed by atoms with van der Waals surface area (Å²) < 4.78 is -1.55. The molecule has 3 nitrogen and oxygen atoms in total. The van der Waals surface area contributed by atoms with E-state index in [1.54, 1.807) is 30.3 Å². The van der Waals surface area contributed by atoms with Gasteiger partial charge in [-0.1, -0.05) is 46.3 Å². The molecular formula is C10H9BrO3. The molecule has 74 valence electrons. The molecule has 0 aliphatic carbocycles. The number of ketones is 1. The molecular weight excluding hydrogens is 248 g/mol. The third-order valence-electron chi connectivity index (χ3n) is 1.86. The van der Waals surface area contributed by atoms with E-state index in [4.69, 9.17) is 5.11 Å². The molecule has 1 unspecified atom stereocenters. The Labute approximate surface area is 89.9 Å². The Morgan fingerprint density at radius 2 is 1.79 bits per heavy atom. The molecule has 0 spiro atoms. The highest BCUT2D eigenvalue weighted by Crippen LogP contribution is 2.23. The van der Waals surface area contributed by atoms with E-state index < -0.39 is 16.1 Å². The minimum atomic E-state index is -1.55. The van der Waals surface area contributed by atoms with Crippen LogP contribution in [0.2, 0.25) is 0 Å². The maximum atomic E-state index is 11.7. The van der Waals surface area contributed by atoms with E-state index in [0.29, 0.717) is 5.56 Å². The summed E-state index contributed by atoms with van der Waals surface area (Å²) in [5.74, 6) is -1.64. The lowest BCUT2D eigenvalue weighted by atomic mass is 9.99. The molecule has 1 rings (SSSR count). The summed E-state index contributed by atoms with van der Waals surface area (Å²) in [7, 11) is 0. The molecule has 0 saturated heterocycles. The lowest BCUT2D eigenvalue weighted by molar-refractivity contribution is -0.137. The van der Waals surface area contributed by atoms with Gasteiger partial charge in [-0.05, 0) is 6.92 Å². The Bertz CT molecular complexity index is 357. The van der Waals surface area contributed by atoms with E-state index in [2.05, 4.69) is 15.9 Å². The molecule has 0 heterocycles. The van der Waals surface area contributed by atoms with Crippen LogP contribution in [-0.2, 0) is 4.79 Å². The van der Waals surface area contributed by atoms with Crippen LogP contribution < -0.4 is 0 Å². The van der Waals surface area contributed by atoms with Crippen molar-refractivity contribution in [2.45, 2.75) is 11.2 Å². The highest BCUT2D eigenvalue weighted by molar-refractivity contribution is 9.10. The molecule has 4 heteroatoms. The molecule has 0 aliphatic heterocycles. The fourth-order valence-electron chi connectivity index (χ4n) is 0.958. The van der Waals surface area contributed by atoms with Gasteiger partial charge in [0.2, 0.25) is 0 Å². The average molecular weight is 257 g/mol. The molecule has 1 N–H and O–H groups in total. The van der Waals surface area contributed by atoms with Crippen molar-refractivity contribution < 1.29 is 14.7 Å². The number of halogens is 1. The van der Waals surface area contributed by atoms with Gasteiger partial charge in [0.05, 0.1) is 0 Å². The van der Waals surface area contributed by atoms with Crippen molar-refractivity contribution in [1.82, 2.24) is 0 Å². The molecule has 14 heavy (non-hydrogen) atoms. The number of carboxylic acids is 1. The molecule has 1 atom stereocenters. The summed E-state index contributed by atoms with van der Waals surface area (Å²) >= 11 is 2.90. The van der Waals surface area contributed by atoms with Gasteiger partial charge in [0.25, 0.3) is 0 Å². The second-order valence-electron chi connectivity index (χ2n) is 3.00. The minimum absolute atomic E-state index is 0.384. The molecule has 1 aromatic rings. The number of hydrogen-bond donors (Lipinski definition) is 1. The molecule has 0 bridgehead atoms. The molecule has 0 amide bonds. The largest absolute Gasteiger partial charge is 0.480 e. The first kappa shape index (κ1) is 10.9. The molecule has 0 aliphatic rings. The third kappa shape index (κ3) is 2.01. The number of hydrogen-bond acceptors (Lipinski definition) is 2. The first-order chi connectivity index (χ1) is 6.46. The normalized spacial score (nSPS) is 14.4. The Kier molecular flexibility index (Phi) is 3.06. The lowest BCUT2D eigenvalue weighted by Crippen LogP contribution is -2.37. The number of benzene rings is 1. The van der Waals surface area contributed by atoms with E-state index in [9.17, 15) is 9.59 Å². The van der Waals surface area contributed by atoms with Gasteiger partial charge in [0, 0.05) is 5.56 Å². The molecule has 0 radical (unpaired) electrons. The van der Waals surface area contributed by atoms with Crippen LogP contribution in [0.5, 0.6) is 0 Å². The van der Waals surface area contributed by atoms with Gasteiger partial charge in [-0.3, -0.25) is 9.59 Å². The number of carbonyl (C=O) groups is 2. The Hall–Kier alpha value is -1.16. The van der Waals surface area contributed by atoms with Crippen molar-refractivity contribution in [3.63, 3.8) is 0 Å². The molecule has 1 aromatic carbocycles. The van der Waals surface area contributed by atoms with Gasteiger partial charge in [-0.25, -0.2) is 0 Å². The summed E-state index contributed by atoms with van der Waals surface area (Å²) in [6.45, 7) is 1.32. The van der Waals surface area contributed by atoms with Crippen LogP contribution in [0.15, 0.2) is 30.3 Å². The zero-order valence-corrected chi connectivity index (χ0v) is 9.11. The summed E-state index contributed by atoms with van der Waals surface area (Å²) in [6, 6.07) is 8.33. The van der Waals surface area contributed by atoms with Gasteiger partial charge in [0.1, 0.15) is 0 Å². The number of carboxylic acid groups (broad SMARTS) is 1. The smallest absolute Gasteiger partial charge is 0.328 e. The van der Waals surface area contributed by atoms with Crippen molar-refractivity contribution in [3.05, 3.63) is 35.9 Å². The molecule has 0 saturated carbocycles. The summed E-state index contributed by atoms with van der Waals surface area (Å²) in [4.78, 5) is 22.4. The lowest BCUT2D eigenvalue weighted by Gasteiger charge is -2.14. The number of Topliss-reactive ketones (excluding diaryl/α,β-unsaturated/α-hetero) is 1. The van der Waals surface area contributed by atoms with Gasteiger partial charge in [-0.15, -0.1) is 0 Å². The van der Waals surface area contributed by atoms with E-state index in [1.807, 2.05) is 0 Å². The molecule has 0 fully saturated rings. The highest BCUT2D eigenvalue weighted by Gasteiger charge is 2.38. The number of rotatable bonds is 3. The van der Waals surface area contributed by atoms with Gasteiger partial charge >= 0.3 is 5.97 Å². The first-order valence-corrected chi connectivity index (χ1v) is 4.77. The van der Waals surface area contributed by atoms with E-state index in [-0.39, 0.29) is 0 Å². The van der Waals surface area contributed by atoms with Crippen molar-refractivity contribution in [2.24, 2.45) is 0 Å². The standard InChI is InChI=1S/C10H9BrO3/c1-10(11,9(13)14)8(12)7-5-3-2-4-6-7/h2-6H,1H3,(H,13,14).